The van der Waals surface area contributed by atoms with E-state index < -0.39 is 0 Å². The van der Waals surface area contributed by atoms with Gasteiger partial charge in [0.05, 0.1) is 18.1 Å². The number of benzene rings is 1. The lowest BCUT2D eigenvalue weighted by Gasteiger charge is -2.18. The second kappa shape index (κ2) is 6.59. The normalized spacial score (nSPS) is 22.9. The van der Waals surface area contributed by atoms with E-state index in [1.54, 1.807) is 6.07 Å². The molecule has 0 spiro atoms. The number of nitrogens with zero attached hydrogens (tertiary/aromatic N) is 1. The number of anilines is 1. The minimum atomic E-state index is -0.386. The first-order valence-electron chi connectivity index (χ1n) is 7.18. The van der Waals surface area contributed by atoms with Gasteiger partial charge < -0.3 is 10.1 Å². The van der Waals surface area contributed by atoms with Crippen LogP contribution in [0.3, 0.4) is 0 Å². The van der Waals surface area contributed by atoms with Gasteiger partial charge in [-0.25, -0.2) is 0 Å². The van der Waals surface area contributed by atoms with Crippen LogP contribution < -0.4 is 10.1 Å². The Hall–Kier alpha value is -1.78. The van der Waals surface area contributed by atoms with E-state index in [2.05, 4.69) is 12.2 Å². The van der Waals surface area contributed by atoms with Gasteiger partial charge in [-0.3, -0.25) is 10.1 Å². The molecule has 0 bridgehead atoms. The Labute approximate surface area is 119 Å². The number of nitro groups is 1. The third-order valence-electron chi connectivity index (χ3n) is 3.97. The number of non-ortho nitro benzene ring substituents is 1. The predicted molar refractivity (Wildman–Crippen MR) is 79.3 cm³/mol. The van der Waals surface area contributed by atoms with Crippen molar-refractivity contribution in [3.63, 3.8) is 0 Å². The van der Waals surface area contributed by atoms with Crippen molar-refractivity contribution in [3.8, 4) is 5.75 Å². The molecule has 0 heterocycles. The SMILES string of the molecule is COc1cc(NC2CCCC(C)CC2)cc([N+](=O)[O-])c1. The van der Waals surface area contributed by atoms with Crippen molar-refractivity contribution in [3.05, 3.63) is 28.3 Å². The molecule has 5 heteroatoms. The Morgan fingerprint density at radius 3 is 2.75 bits per heavy atom. The van der Waals surface area contributed by atoms with Crippen LogP contribution in [0, 0.1) is 16.0 Å². The fourth-order valence-corrected chi connectivity index (χ4v) is 2.76. The number of nitrogens with one attached hydrogen (secondary N) is 1. The zero-order chi connectivity index (χ0) is 14.5. The third kappa shape index (κ3) is 3.85. The van der Waals surface area contributed by atoms with Crippen LogP contribution in [0.2, 0.25) is 0 Å². The van der Waals surface area contributed by atoms with Gasteiger partial charge in [0.25, 0.3) is 5.69 Å². The minimum absolute atomic E-state index is 0.0637. The molecule has 1 aromatic rings. The average molecular weight is 278 g/mol. The van der Waals surface area contributed by atoms with Crippen molar-refractivity contribution in [1.29, 1.82) is 0 Å². The molecular formula is C15H22N2O3. The standard InChI is InChI=1S/C15H22N2O3/c1-11-4-3-5-12(7-6-11)16-13-8-14(17(18)19)10-15(9-13)20-2/h8-12,16H,3-7H2,1-2H3. The molecule has 20 heavy (non-hydrogen) atoms. The van der Waals surface area contributed by atoms with Gasteiger partial charge in [-0.2, -0.15) is 0 Å². The summed E-state index contributed by atoms with van der Waals surface area (Å²) in [6.45, 7) is 2.29. The van der Waals surface area contributed by atoms with Crippen molar-refractivity contribution in [2.75, 3.05) is 12.4 Å². The van der Waals surface area contributed by atoms with Gasteiger partial charge in [0.15, 0.2) is 0 Å². The molecule has 110 valence electrons. The molecule has 1 fully saturated rings. The molecule has 1 N–H and O–H groups in total. The smallest absolute Gasteiger partial charge is 0.275 e. The highest BCUT2D eigenvalue weighted by molar-refractivity contribution is 5.56. The topological polar surface area (TPSA) is 64.4 Å². The van der Waals surface area contributed by atoms with Crippen molar-refractivity contribution in [1.82, 2.24) is 0 Å². The van der Waals surface area contributed by atoms with E-state index >= 15 is 0 Å². The van der Waals surface area contributed by atoms with Gasteiger partial charge in [-0.05, 0) is 25.2 Å². The van der Waals surface area contributed by atoms with Crippen LogP contribution in [0.25, 0.3) is 0 Å². The molecule has 0 amide bonds. The summed E-state index contributed by atoms with van der Waals surface area (Å²) in [5.74, 6) is 1.30. The molecule has 1 aliphatic carbocycles. The lowest BCUT2D eigenvalue weighted by molar-refractivity contribution is -0.384. The fourth-order valence-electron chi connectivity index (χ4n) is 2.76. The number of nitro benzene ring substituents is 1. The summed E-state index contributed by atoms with van der Waals surface area (Å²) in [4.78, 5) is 10.5. The lowest BCUT2D eigenvalue weighted by atomic mass is 10.0. The van der Waals surface area contributed by atoms with Gasteiger partial charge in [0.2, 0.25) is 0 Å². The van der Waals surface area contributed by atoms with Gasteiger partial charge in [0.1, 0.15) is 5.75 Å². The third-order valence-corrected chi connectivity index (χ3v) is 3.97. The second-order valence-corrected chi connectivity index (χ2v) is 5.63. The molecular weight excluding hydrogens is 256 g/mol. The second-order valence-electron chi connectivity index (χ2n) is 5.63. The summed E-state index contributed by atoms with van der Waals surface area (Å²) >= 11 is 0. The number of rotatable bonds is 4. The molecule has 5 nitrogen and oxygen atoms in total. The summed E-state index contributed by atoms with van der Waals surface area (Å²) in [5.41, 5.74) is 0.837. The highest BCUT2D eigenvalue weighted by atomic mass is 16.6. The molecule has 2 unspecified atom stereocenters. The molecule has 1 aromatic carbocycles. The summed E-state index contributed by atoms with van der Waals surface area (Å²) in [5, 5.41) is 14.4. The minimum Gasteiger partial charge on any atom is -0.496 e. The highest BCUT2D eigenvalue weighted by Crippen LogP contribution is 2.29. The van der Waals surface area contributed by atoms with E-state index in [4.69, 9.17) is 4.74 Å². The fraction of sp³-hybridized carbons (Fsp3) is 0.600. The van der Waals surface area contributed by atoms with Crippen LogP contribution in [-0.2, 0) is 0 Å². The van der Waals surface area contributed by atoms with E-state index in [9.17, 15) is 10.1 Å². The first kappa shape index (κ1) is 14.6. The Morgan fingerprint density at radius 1 is 1.25 bits per heavy atom. The summed E-state index contributed by atoms with van der Waals surface area (Å²) in [6.07, 6.45) is 5.94. The summed E-state index contributed by atoms with van der Waals surface area (Å²) in [7, 11) is 1.52. The molecule has 1 aliphatic rings. The van der Waals surface area contributed by atoms with Crippen molar-refractivity contribution >= 4 is 11.4 Å². The number of hydrogen-bond donors (Lipinski definition) is 1. The zero-order valence-corrected chi connectivity index (χ0v) is 12.1. The van der Waals surface area contributed by atoms with E-state index in [1.165, 1.54) is 32.4 Å². The van der Waals surface area contributed by atoms with E-state index in [0.29, 0.717) is 11.8 Å². The maximum atomic E-state index is 10.9. The van der Waals surface area contributed by atoms with Crippen LogP contribution >= 0.6 is 0 Å². The highest BCUT2D eigenvalue weighted by Gasteiger charge is 2.17. The van der Waals surface area contributed by atoms with Crippen molar-refractivity contribution in [2.45, 2.75) is 45.1 Å². The summed E-state index contributed by atoms with van der Waals surface area (Å²) < 4.78 is 5.13. The largest absolute Gasteiger partial charge is 0.496 e. The van der Waals surface area contributed by atoms with E-state index in [1.807, 2.05) is 6.07 Å². The van der Waals surface area contributed by atoms with Crippen LogP contribution in [-0.4, -0.2) is 18.1 Å². The average Bonchev–Trinajstić information content (AvgIpc) is 2.63. The summed E-state index contributed by atoms with van der Waals surface area (Å²) in [6, 6.07) is 5.24. The monoisotopic (exact) mass is 278 g/mol. The predicted octanol–water partition coefficient (Wildman–Crippen LogP) is 3.98. The molecule has 0 aliphatic heterocycles. The molecule has 2 atom stereocenters. The number of hydrogen-bond acceptors (Lipinski definition) is 4. The Morgan fingerprint density at radius 2 is 2.05 bits per heavy atom. The van der Waals surface area contributed by atoms with Crippen LogP contribution in [0.1, 0.15) is 39.0 Å². The van der Waals surface area contributed by atoms with Crippen molar-refractivity contribution < 1.29 is 9.66 Å². The van der Waals surface area contributed by atoms with Gasteiger partial charge in [-0.15, -0.1) is 0 Å². The first-order valence-corrected chi connectivity index (χ1v) is 7.18. The van der Waals surface area contributed by atoms with Crippen LogP contribution in [0.15, 0.2) is 18.2 Å². The molecule has 2 rings (SSSR count). The van der Waals surface area contributed by atoms with E-state index in [-0.39, 0.29) is 10.6 Å². The maximum absolute atomic E-state index is 10.9. The number of ether oxygens (including phenoxy) is 1. The molecule has 1 saturated carbocycles. The van der Waals surface area contributed by atoms with Crippen molar-refractivity contribution in [2.24, 2.45) is 5.92 Å². The Kier molecular flexibility index (Phi) is 4.82. The van der Waals surface area contributed by atoms with Gasteiger partial charge in [0, 0.05) is 23.9 Å². The first-order chi connectivity index (χ1) is 9.58. The van der Waals surface area contributed by atoms with Crippen LogP contribution in [0.4, 0.5) is 11.4 Å². The number of methoxy groups -OCH3 is 1. The quantitative estimate of drug-likeness (QED) is 0.514. The van der Waals surface area contributed by atoms with Gasteiger partial charge >= 0.3 is 0 Å². The van der Waals surface area contributed by atoms with Gasteiger partial charge in [-0.1, -0.05) is 19.8 Å². The Balaban J connectivity index is 2.11. The zero-order valence-electron chi connectivity index (χ0n) is 12.1. The maximum Gasteiger partial charge on any atom is 0.275 e. The Bertz CT molecular complexity index is 476. The van der Waals surface area contributed by atoms with E-state index in [0.717, 1.165) is 24.4 Å². The molecule has 0 saturated heterocycles. The molecule has 0 aromatic heterocycles. The molecule has 0 radical (unpaired) electrons. The lowest BCUT2D eigenvalue weighted by Crippen LogP contribution is -2.18. The van der Waals surface area contributed by atoms with Crippen LogP contribution in [0.5, 0.6) is 5.75 Å².